The average molecular weight is 326 g/mol. The number of carboxylic acid groups (broad SMARTS) is 1. The van der Waals surface area contributed by atoms with Crippen LogP contribution in [0.15, 0.2) is 24.3 Å². The van der Waals surface area contributed by atoms with Gasteiger partial charge >= 0.3 is 5.97 Å². The second-order valence-electron chi connectivity index (χ2n) is 5.69. The van der Waals surface area contributed by atoms with Gasteiger partial charge in [0.2, 0.25) is 0 Å². The van der Waals surface area contributed by atoms with Gasteiger partial charge in [0.1, 0.15) is 0 Å². The highest BCUT2D eigenvalue weighted by Gasteiger charge is 2.24. The van der Waals surface area contributed by atoms with Crippen molar-refractivity contribution in [1.82, 2.24) is 0 Å². The fourth-order valence-corrected chi connectivity index (χ4v) is 3.71. The Morgan fingerprint density at radius 2 is 2.19 bits per heavy atom. The Labute approximate surface area is 135 Å². The molecule has 1 N–H and O–H groups in total. The van der Waals surface area contributed by atoms with Crippen LogP contribution in [0.25, 0.3) is 6.08 Å². The fourth-order valence-electron chi connectivity index (χ4n) is 2.38. The van der Waals surface area contributed by atoms with Gasteiger partial charge in [-0.2, -0.15) is 11.8 Å². The van der Waals surface area contributed by atoms with Gasteiger partial charge in [-0.1, -0.05) is 31.5 Å². The molecule has 5 heteroatoms. The number of hydrogen-bond donors (Lipinski definition) is 1. The Morgan fingerprint density at radius 3 is 2.90 bits per heavy atom. The molecule has 1 saturated heterocycles. The van der Waals surface area contributed by atoms with E-state index < -0.39 is 5.97 Å². The van der Waals surface area contributed by atoms with Crippen LogP contribution in [0, 0.1) is 0 Å². The minimum Gasteiger partial charge on any atom is -0.478 e. The van der Waals surface area contributed by atoms with Gasteiger partial charge in [0.05, 0.1) is 0 Å². The van der Waals surface area contributed by atoms with E-state index in [1.54, 1.807) is 12.1 Å². The van der Waals surface area contributed by atoms with E-state index >= 15 is 0 Å². The summed E-state index contributed by atoms with van der Waals surface area (Å²) in [5.74, 6) is 0.0927. The van der Waals surface area contributed by atoms with Gasteiger partial charge in [-0.15, -0.1) is 0 Å². The van der Waals surface area contributed by atoms with Crippen molar-refractivity contribution < 1.29 is 9.90 Å². The highest BCUT2D eigenvalue weighted by Crippen LogP contribution is 2.35. The number of nitrogens with zero attached hydrogens (tertiary/aromatic N) is 1. The molecule has 0 aromatic heterocycles. The van der Waals surface area contributed by atoms with Crippen molar-refractivity contribution in [2.24, 2.45) is 0 Å². The van der Waals surface area contributed by atoms with Gasteiger partial charge in [0.15, 0.2) is 0 Å². The summed E-state index contributed by atoms with van der Waals surface area (Å²) < 4.78 is 0.282. The van der Waals surface area contributed by atoms with E-state index in [0.717, 1.165) is 42.6 Å². The third kappa shape index (κ3) is 4.42. The van der Waals surface area contributed by atoms with Crippen molar-refractivity contribution in [2.75, 3.05) is 23.7 Å². The van der Waals surface area contributed by atoms with Crippen molar-refractivity contribution >= 4 is 41.1 Å². The summed E-state index contributed by atoms with van der Waals surface area (Å²) >= 11 is 8.23. The third-order valence-electron chi connectivity index (χ3n) is 3.60. The van der Waals surface area contributed by atoms with Crippen LogP contribution in [0.5, 0.6) is 0 Å². The molecule has 0 amide bonds. The number of halogens is 1. The van der Waals surface area contributed by atoms with Gasteiger partial charge in [0.25, 0.3) is 0 Å². The highest BCUT2D eigenvalue weighted by atomic mass is 35.5. The lowest BCUT2D eigenvalue weighted by Crippen LogP contribution is -2.27. The summed E-state index contributed by atoms with van der Waals surface area (Å²) in [5.41, 5.74) is 1.80. The summed E-state index contributed by atoms with van der Waals surface area (Å²) in [5, 5.41) is 9.42. The summed E-state index contributed by atoms with van der Waals surface area (Å²) in [6.07, 6.45) is 3.82. The number of anilines is 1. The van der Waals surface area contributed by atoms with Crippen LogP contribution in [-0.2, 0) is 4.79 Å². The van der Waals surface area contributed by atoms with E-state index in [1.165, 1.54) is 0 Å². The van der Waals surface area contributed by atoms with E-state index in [9.17, 15) is 4.79 Å². The second kappa shape index (κ2) is 6.75. The van der Waals surface area contributed by atoms with E-state index in [-0.39, 0.29) is 4.75 Å². The molecule has 0 radical (unpaired) electrons. The number of aliphatic carboxylic acids is 1. The van der Waals surface area contributed by atoms with E-state index in [4.69, 9.17) is 16.7 Å². The molecule has 0 saturated carbocycles. The van der Waals surface area contributed by atoms with Gasteiger partial charge in [0, 0.05) is 45.9 Å². The van der Waals surface area contributed by atoms with Crippen LogP contribution in [0.1, 0.15) is 25.8 Å². The zero-order valence-corrected chi connectivity index (χ0v) is 13.9. The molecule has 0 atom stereocenters. The fraction of sp³-hybridized carbons (Fsp3) is 0.438. The topological polar surface area (TPSA) is 40.5 Å². The predicted octanol–water partition coefficient (Wildman–Crippen LogP) is 4.16. The number of carboxylic acids is 1. The molecule has 0 unspecified atom stereocenters. The zero-order chi connectivity index (χ0) is 15.5. The van der Waals surface area contributed by atoms with Crippen molar-refractivity contribution in [3.63, 3.8) is 0 Å². The molecule has 2 rings (SSSR count). The quantitative estimate of drug-likeness (QED) is 0.847. The van der Waals surface area contributed by atoms with Gasteiger partial charge in [-0.3, -0.25) is 0 Å². The number of benzene rings is 1. The third-order valence-corrected chi connectivity index (χ3v) is 5.30. The monoisotopic (exact) mass is 325 g/mol. The lowest BCUT2D eigenvalue weighted by Gasteiger charge is -2.26. The first-order valence-corrected chi connectivity index (χ1v) is 8.34. The number of carbonyl (C=O) groups is 1. The molecule has 1 aromatic carbocycles. The molecule has 3 nitrogen and oxygen atoms in total. The van der Waals surface area contributed by atoms with E-state index in [0.29, 0.717) is 5.02 Å². The van der Waals surface area contributed by atoms with E-state index in [1.807, 2.05) is 23.9 Å². The second-order valence-corrected chi connectivity index (χ2v) is 7.90. The summed E-state index contributed by atoms with van der Waals surface area (Å²) in [4.78, 5) is 13.1. The number of hydrogen-bond acceptors (Lipinski definition) is 3. The first-order chi connectivity index (χ1) is 9.89. The standard InChI is InChI=1S/C16H20ClNO2S/c1-16(2)8-9-18(10-11-21-16)14-5-3-4-13(17)12(14)6-7-15(19)20/h3-7H,8-11H2,1-2H3,(H,19,20)/b7-6+. The van der Waals surface area contributed by atoms with Gasteiger partial charge in [-0.25, -0.2) is 4.79 Å². The average Bonchev–Trinajstić information content (AvgIpc) is 2.58. The van der Waals surface area contributed by atoms with Crippen molar-refractivity contribution in [1.29, 1.82) is 0 Å². The molecular formula is C16H20ClNO2S. The van der Waals surface area contributed by atoms with Crippen molar-refractivity contribution in [2.45, 2.75) is 25.0 Å². The maximum Gasteiger partial charge on any atom is 0.328 e. The first-order valence-electron chi connectivity index (χ1n) is 6.97. The molecule has 1 aromatic rings. The van der Waals surface area contributed by atoms with Crippen molar-refractivity contribution in [3.8, 4) is 0 Å². The number of rotatable bonds is 3. The largest absolute Gasteiger partial charge is 0.478 e. The minimum absolute atomic E-state index is 0.282. The smallest absolute Gasteiger partial charge is 0.328 e. The zero-order valence-electron chi connectivity index (χ0n) is 12.3. The molecule has 21 heavy (non-hydrogen) atoms. The summed E-state index contributed by atoms with van der Waals surface area (Å²) in [7, 11) is 0. The molecule has 0 bridgehead atoms. The molecule has 1 aliphatic rings. The Kier molecular flexibility index (Phi) is 5.22. The molecular weight excluding hydrogens is 306 g/mol. The van der Waals surface area contributed by atoms with Crippen LogP contribution in [0.4, 0.5) is 5.69 Å². The molecule has 0 aliphatic carbocycles. The first kappa shape index (κ1) is 16.2. The molecule has 1 heterocycles. The van der Waals surface area contributed by atoms with Crippen LogP contribution < -0.4 is 4.90 Å². The van der Waals surface area contributed by atoms with Crippen molar-refractivity contribution in [3.05, 3.63) is 34.9 Å². The molecule has 1 aliphatic heterocycles. The summed E-state index contributed by atoms with van der Waals surface area (Å²) in [6.45, 7) is 6.44. The lowest BCUT2D eigenvalue weighted by atomic mass is 10.1. The van der Waals surface area contributed by atoms with Crippen LogP contribution in [-0.4, -0.2) is 34.7 Å². The maximum atomic E-state index is 10.8. The van der Waals surface area contributed by atoms with Crippen LogP contribution in [0.3, 0.4) is 0 Å². The Balaban J connectivity index is 2.30. The Bertz CT molecular complexity index is 557. The van der Waals surface area contributed by atoms with Crippen LogP contribution >= 0.6 is 23.4 Å². The highest BCUT2D eigenvalue weighted by molar-refractivity contribution is 8.00. The van der Waals surface area contributed by atoms with Gasteiger partial charge in [-0.05, 0) is 24.6 Å². The minimum atomic E-state index is -0.964. The van der Waals surface area contributed by atoms with Gasteiger partial charge < -0.3 is 10.0 Å². The molecule has 114 valence electrons. The number of thioether (sulfide) groups is 1. The Morgan fingerprint density at radius 1 is 1.43 bits per heavy atom. The SMILES string of the molecule is CC1(C)CCN(c2cccc(Cl)c2/C=C/C(=O)O)CCS1. The Hall–Kier alpha value is -1.13. The maximum absolute atomic E-state index is 10.8. The van der Waals surface area contributed by atoms with E-state index in [2.05, 4.69) is 18.7 Å². The summed E-state index contributed by atoms with van der Waals surface area (Å²) in [6, 6.07) is 5.72. The molecule has 0 spiro atoms. The lowest BCUT2D eigenvalue weighted by molar-refractivity contribution is -0.131. The van der Waals surface area contributed by atoms with Crippen LogP contribution in [0.2, 0.25) is 5.02 Å². The normalized spacial score (nSPS) is 18.7. The predicted molar refractivity (Wildman–Crippen MR) is 91.5 cm³/mol. The molecule has 1 fully saturated rings.